The van der Waals surface area contributed by atoms with Crippen LogP contribution >= 0.6 is 11.6 Å². The Hall–Kier alpha value is -2.38. The van der Waals surface area contributed by atoms with Crippen LogP contribution in [0, 0.1) is 0 Å². The second-order valence-electron chi connectivity index (χ2n) is 7.31. The molecule has 1 unspecified atom stereocenters. The van der Waals surface area contributed by atoms with Gasteiger partial charge in [0, 0.05) is 51.2 Å². The predicted octanol–water partition coefficient (Wildman–Crippen LogP) is 2.78. The van der Waals surface area contributed by atoms with E-state index in [4.69, 9.17) is 20.8 Å². The van der Waals surface area contributed by atoms with Crippen molar-refractivity contribution in [2.24, 2.45) is 0 Å². The van der Waals surface area contributed by atoms with Gasteiger partial charge in [-0.05, 0) is 25.0 Å². The Kier molecular flexibility index (Phi) is 6.16. The van der Waals surface area contributed by atoms with Crippen molar-refractivity contribution in [1.29, 1.82) is 0 Å². The molecular weight excluding hydrogens is 394 g/mol. The van der Waals surface area contributed by atoms with Crippen LogP contribution < -0.4 is 0 Å². The fourth-order valence-electron chi connectivity index (χ4n) is 3.74. The number of halogens is 1. The van der Waals surface area contributed by atoms with Crippen LogP contribution in [0.15, 0.2) is 34.9 Å². The molecule has 2 aromatic rings. The van der Waals surface area contributed by atoms with Gasteiger partial charge < -0.3 is 19.0 Å². The molecule has 2 fully saturated rings. The van der Waals surface area contributed by atoms with E-state index in [-0.39, 0.29) is 17.9 Å². The highest BCUT2D eigenvalue weighted by Gasteiger charge is 2.31. The summed E-state index contributed by atoms with van der Waals surface area (Å²) in [5.74, 6) is 1.22. The number of carbonyl (C=O) groups is 2. The minimum atomic E-state index is -0.297. The molecular formula is C21H24ClN3O4. The number of hydrogen-bond donors (Lipinski definition) is 0. The fourth-order valence-corrected chi connectivity index (χ4v) is 3.96. The van der Waals surface area contributed by atoms with Gasteiger partial charge in [-0.1, -0.05) is 23.7 Å². The molecule has 2 aliphatic rings. The molecule has 8 heteroatoms. The third kappa shape index (κ3) is 4.62. The average molecular weight is 418 g/mol. The zero-order chi connectivity index (χ0) is 20.2. The van der Waals surface area contributed by atoms with E-state index in [0.717, 1.165) is 18.4 Å². The molecule has 154 valence electrons. The number of benzene rings is 1. The van der Waals surface area contributed by atoms with Crippen LogP contribution in [0.2, 0.25) is 5.02 Å². The molecule has 1 atom stereocenters. The van der Waals surface area contributed by atoms with Crippen molar-refractivity contribution in [2.75, 3.05) is 32.8 Å². The molecule has 4 rings (SSSR count). The minimum absolute atomic E-state index is 0.0479. The van der Waals surface area contributed by atoms with Crippen molar-refractivity contribution in [3.8, 4) is 11.3 Å². The summed E-state index contributed by atoms with van der Waals surface area (Å²) in [7, 11) is 0. The molecule has 2 saturated heterocycles. The third-order valence-electron chi connectivity index (χ3n) is 5.39. The Morgan fingerprint density at radius 1 is 1.14 bits per heavy atom. The van der Waals surface area contributed by atoms with Crippen LogP contribution in [0.3, 0.4) is 0 Å². The quantitative estimate of drug-likeness (QED) is 0.747. The zero-order valence-electron chi connectivity index (χ0n) is 16.2. The standard InChI is InChI=1S/C21H24ClN3O4/c22-16-5-2-1-4-15(16)18-14-23-19(29-18)7-8-20(26)24-9-11-25(12-10-24)21(27)17-6-3-13-28-17/h1-2,4-5,14,17H,3,6-13H2. The van der Waals surface area contributed by atoms with E-state index in [2.05, 4.69) is 4.98 Å². The van der Waals surface area contributed by atoms with Crippen LogP contribution in [-0.4, -0.2) is 65.5 Å². The number of hydrogen-bond acceptors (Lipinski definition) is 5. The lowest BCUT2D eigenvalue weighted by Gasteiger charge is -2.35. The van der Waals surface area contributed by atoms with Crippen LogP contribution in [0.25, 0.3) is 11.3 Å². The van der Waals surface area contributed by atoms with Crippen molar-refractivity contribution in [3.63, 3.8) is 0 Å². The zero-order valence-corrected chi connectivity index (χ0v) is 16.9. The Labute approximate surface area is 174 Å². The van der Waals surface area contributed by atoms with E-state index < -0.39 is 0 Å². The van der Waals surface area contributed by atoms with Crippen LogP contribution in [-0.2, 0) is 20.7 Å². The summed E-state index contributed by atoms with van der Waals surface area (Å²) in [6, 6.07) is 7.41. The van der Waals surface area contributed by atoms with Gasteiger partial charge in [-0.3, -0.25) is 9.59 Å². The van der Waals surface area contributed by atoms with Gasteiger partial charge >= 0.3 is 0 Å². The first-order valence-corrected chi connectivity index (χ1v) is 10.4. The molecule has 0 aliphatic carbocycles. The highest BCUT2D eigenvalue weighted by molar-refractivity contribution is 6.33. The summed E-state index contributed by atoms with van der Waals surface area (Å²) in [5.41, 5.74) is 0.784. The van der Waals surface area contributed by atoms with E-state index >= 15 is 0 Å². The molecule has 0 spiro atoms. The highest BCUT2D eigenvalue weighted by atomic mass is 35.5. The lowest BCUT2D eigenvalue weighted by molar-refractivity contribution is -0.146. The second-order valence-corrected chi connectivity index (χ2v) is 7.71. The largest absolute Gasteiger partial charge is 0.441 e. The van der Waals surface area contributed by atoms with Gasteiger partial charge in [0.05, 0.1) is 11.2 Å². The smallest absolute Gasteiger partial charge is 0.251 e. The number of ether oxygens (including phenoxy) is 1. The van der Waals surface area contributed by atoms with Crippen LogP contribution in [0.4, 0.5) is 0 Å². The van der Waals surface area contributed by atoms with Gasteiger partial charge in [-0.25, -0.2) is 4.98 Å². The monoisotopic (exact) mass is 417 g/mol. The highest BCUT2D eigenvalue weighted by Crippen LogP contribution is 2.28. The molecule has 1 aromatic carbocycles. The summed E-state index contributed by atoms with van der Waals surface area (Å²) in [6.07, 6.45) is 3.82. The van der Waals surface area contributed by atoms with E-state index in [1.807, 2.05) is 23.1 Å². The number of aromatic nitrogens is 1. The van der Waals surface area contributed by atoms with Crippen LogP contribution in [0.1, 0.15) is 25.2 Å². The Balaban J connectivity index is 1.25. The predicted molar refractivity (Wildman–Crippen MR) is 107 cm³/mol. The van der Waals surface area contributed by atoms with Crippen molar-refractivity contribution >= 4 is 23.4 Å². The molecule has 0 N–H and O–H groups in total. The number of amides is 2. The summed E-state index contributed by atoms with van der Waals surface area (Å²) < 4.78 is 11.2. The van der Waals surface area contributed by atoms with E-state index in [1.165, 1.54) is 0 Å². The second kappa shape index (κ2) is 8.97. The first-order chi connectivity index (χ1) is 14.1. The van der Waals surface area contributed by atoms with Crippen molar-refractivity contribution < 1.29 is 18.7 Å². The molecule has 7 nitrogen and oxygen atoms in total. The summed E-state index contributed by atoms with van der Waals surface area (Å²) in [4.78, 5) is 32.8. The van der Waals surface area contributed by atoms with Gasteiger partial charge in [0.2, 0.25) is 5.91 Å². The van der Waals surface area contributed by atoms with Crippen molar-refractivity contribution in [2.45, 2.75) is 31.8 Å². The summed E-state index contributed by atoms with van der Waals surface area (Å²) in [6.45, 7) is 2.87. The van der Waals surface area contributed by atoms with Gasteiger partial charge in [-0.15, -0.1) is 0 Å². The lowest BCUT2D eigenvalue weighted by atomic mass is 10.2. The number of nitrogens with zero attached hydrogens (tertiary/aromatic N) is 3. The molecule has 0 radical (unpaired) electrons. The first-order valence-electron chi connectivity index (χ1n) is 9.99. The third-order valence-corrected chi connectivity index (χ3v) is 5.72. The maximum absolute atomic E-state index is 12.5. The normalized spacial score (nSPS) is 19.6. The van der Waals surface area contributed by atoms with Gasteiger partial charge in [0.1, 0.15) is 6.10 Å². The number of rotatable bonds is 5. The average Bonchev–Trinajstić information content (AvgIpc) is 3.44. The topological polar surface area (TPSA) is 75.9 Å². The van der Waals surface area contributed by atoms with E-state index in [0.29, 0.717) is 62.3 Å². The Morgan fingerprint density at radius 3 is 2.62 bits per heavy atom. The van der Waals surface area contributed by atoms with Crippen LogP contribution in [0.5, 0.6) is 0 Å². The summed E-state index contributed by atoms with van der Waals surface area (Å²) in [5, 5.41) is 0.599. The molecule has 2 amide bonds. The molecule has 3 heterocycles. The van der Waals surface area contributed by atoms with Gasteiger partial charge in [0.15, 0.2) is 11.7 Å². The number of carbonyl (C=O) groups excluding carboxylic acids is 2. The van der Waals surface area contributed by atoms with Crippen molar-refractivity contribution in [3.05, 3.63) is 41.4 Å². The molecule has 0 bridgehead atoms. The van der Waals surface area contributed by atoms with E-state index in [1.54, 1.807) is 17.2 Å². The maximum atomic E-state index is 12.5. The summed E-state index contributed by atoms with van der Waals surface area (Å²) >= 11 is 6.19. The fraction of sp³-hybridized carbons (Fsp3) is 0.476. The number of aryl methyl sites for hydroxylation is 1. The maximum Gasteiger partial charge on any atom is 0.251 e. The van der Waals surface area contributed by atoms with Crippen molar-refractivity contribution in [1.82, 2.24) is 14.8 Å². The lowest BCUT2D eigenvalue weighted by Crippen LogP contribution is -2.52. The Morgan fingerprint density at radius 2 is 1.90 bits per heavy atom. The molecule has 2 aliphatic heterocycles. The Bertz CT molecular complexity index is 870. The molecule has 0 saturated carbocycles. The molecule has 1 aromatic heterocycles. The van der Waals surface area contributed by atoms with Gasteiger partial charge in [-0.2, -0.15) is 0 Å². The number of oxazole rings is 1. The van der Waals surface area contributed by atoms with E-state index in [9.17, 15) is 9.59 Å². The SMILES string of the molecule is O=C(CCc1ncc(-c2ccccc2Cl)o1)N1CCN(C(=O)C2CCCO2)CC1. The minimum Gasteiger partial charge on any atom is -0.441 e. The first kappa shape index (κ1) is 19.9. The van der Waals surface area contributed by atoms with Gasteiger partial charge in [0.25, 0.3) is 5.91 Å². The molecule has 29 heavy (non-hydrogen) atoms. The number of piperazine rings is 1.